The second-order valence-electron chi connectivity index (χ2n) is 8.15. The summed E-state index contributed by atoms with van der Waals surface area (Å²) in [4.78, 5) is 52.1. The van der Waals surface area contributed by atoms with Gasteiger partial charge in [-0.2, -0.15) is 0 Å². The van der Waals surface area contributed by atoms with Crippen LogP contribution in [0.15, 0.2) is 95.3 Å². The van der Waals surface area contributed by atoms with Crippen LogP contribution in [-0.4, -0.2) is 23.1 Å². The lowest BCUT2D eigenvalue weighted by Crippen LogP contribution is -2.22. The minimum absolute atomic E-state index is 0.178. The number of anilines is 1. The molecule has 0 heterocycles. The molecule has 7 nitrogen and oxygen atoms in total. The number of carbonyl (C=O) groups excluding carboxylic acids is 4. The highest BCUT2D eigenvalue weighted by Crippen LogP contribution is 2.35. The van der Waals surface area contributed by atoms with Crippen molar-refractivity contribution in [1.29, 1.82) is 0 Å². The van der Waals surface area contributed by atoms with Gasteiger partial charge < -0.3 is 0 Å². The monoisotopic (exact) mass is 457 g/mol. The topological polar surface area (TPSA) is 105 Å². The van der Waals surface area contributed by atoms with E-state index in [2.05, 4.69) is 15.8 Å². The Morgan fingerprint density at radius 1 is 0.457 bits per heavy atom. The van der Waals surface area contributed by atoms with Crippen molar-refractivity contribution >= 4 is 34.5 Å². The first-order valence-corrected chi connectivity index (χ1v) is 10.9. The van der Waals surface area contributed by atoms with Crippen molar-refractivity contribution in [2.45, 2.75) is 0 Å². The predicted molar refractivity (Wildman–Crippen MR) is 128 cm³/mol. The van der Waals surface area contributed by atoms with Gasteiger partial charge in [0, 0.05) is 33.4 Å². The molecule has 0 atom stereocenters. The minimum atomic E-state index is -0.306. The van der Waals surface area contributed by atoms with Crippen LogP contribution in [0, 0.1) is 0 Å². The molecular formula is C28H15N3O4. The average molecular weight is 457 g/mol. The van der Waals surface area contributed by atoms with Crippen LogP contribution >= 0.6 is 0 Å². The zero-order valence-corrected chi connectivity index (χ0v) is 18.1. The van der Waals surface area contributed by atoms with Gasteiger partial charge in [-0.05, 0) is 12.1 Å². The van der Waals surface area contributed by atoms with Gasteiger partial charge in [-0.1, -0.05) is 78.0 Å². The van der Waals surface area contributed by atoms with Crippen molar-refractivity contribution in [3.63, 3.8) is 0 Å². The van der Waals surface area contributed by atoms with Crippen molar-refractivity contribution in [3.05, 3.63) is 129 Å². The Hall–Kier alpha value is -5.04. The molecule has 0 saturated carbocycles. The van der Waals surface area contributed by atoms with E-state index < -0.39 is 0 Å². The molecule has 0 radical (unpaired) electrons. The Kier molecular flexibility index (Phi) is 4.57. The SMILES string of the molecule is O=C1c2ccccc2C(=O)c2c(N=NNc3cccc4c3C(=O)c3ccccc3C4=O)cccc21. The second kappa shape index (κ2) is 7.78. The molecule has 35 heavy (non-hydrogen) atoms. The van der Waals surface area contributed by atoms with Crippen molar-refractivity contribution in [1.82, 2.24) is 0 Å². The highest BCUT2D eigenvalue weighted by molar-refractivity contribution is 6.31. The van der Waals surface area contributed by atoms with E-state index in [1.807, 2.05) is 0 Å². The Balaban J connectivity index is 1.36. The number of fused-ring (bicyclic) bond motifs is 4. The maximum absolute atomic E-state index is 13.1. The van der Waals surface area contributed by atoms with Gasteiger partial charge >= 0.3 is 0 Å². The standard InChI is InChI=1S/C28H15N3O4/c32-25-15-7-1-3-9-17(15)27(34)23-19(25)11-5-13-21(23)29-31-30-22-14-6-12-20-24(22)28(35)18-10-4-2-8-16(18)26(20)33/h1-14H,(H,29,30). The summed E-state index contributed by atoms with van der Waals surface area (Å²) < 4.78 is 0. The zero-order chi connectivity index (χ0) is 24.1. The fourth-order valence-electron chi connectivity index (χ4n) is 4.58. The summed E-state index contributed by atoms with van der Waals surface area (Å²) in [5.74, 6) is -1.09. The zero-order valence-electron chi connectivity index (χ0n) is 18.1. The maximum atomic E-state index is 13.1. The molecule has 0 bridgehead atoms. The van der Waals surface area contributed by atoms with Gasteiger partial charge in [-0.15, -0.1) is 5.11 Å². The van der Waals surface area contributed by atoms with Crippen LogP contribution in [0.2, 0.25) is 0 Å². The Morgan fingerprint density at radius 3 is 1.51 bits per heavy atom. The molecule has 166 valence electrons. The number of ketones is 4. The van der Waals surface area contributed by atoms with Gasteiger partial charge in [0.25, 0.3) is 0 Å². The van der Waals surface area contributed by atoms with E-state index in [1.165, 1.54) is 0 Å². The Bertz CT molecular complexity index is 1650. The predicted octanol–water partition coefficient (Wildman–Crippen LogP) is 5.35. The largest absolute Gasteiger partial charge is 0.289 e. The van der Waals surface area contributed by atoms with Gasteiger partial charge in [-0.3, -0.25) is 24.6 Å². The molecule has 2 aliphatic carbocycles. The number of nitrogens with one attached hydrogen (secondary N) is 1. The summed E-state index contributed by atoms with van der Waals surface area (Å²) in [5.41, 5.74) is 5.59. The average Bonchev–Trinajstić information content (AvgIpc) is 2.90. The number of rotatable bonds is 3. The molecule has 7 heteroatoms. The molecule has 0 aromatic heterocycles. The fraction of sp³-hybridized carbons (Fsp3) is 0. The Morgan fingerprint density at radius 2 is 0.914 bits per heavy atom. The number of hydrogen-bond acceptors (Lipinski definition) is 6. The van der Waals surface area contributed by atoms with Crippen LogP contribution in [-0.2, 0) is 0 Å². The molecule has 0 fully saturated rings. The van der Waals surface area contributed by atoms with E-state index in [0.29, 0.717) is 27.9 Å². The van der Waals surface area contributed by atoms with Crippen LogP contribution < -0.4 is 5.43 Å². The van der Waals surface area contributed by atoms with Crippen molar-refractivity contribution in [2.24, 2.45) is 10.3 Å². The number of carbonyl (C=O) groups is 4. The lowest BCUT2D eigenvalue weighted by atomic mass is 9.83. The Labute approximate surface area is 199 Å². The van der Waals surface area contributed by atoms with Gasteiger partial charge in [0.15, 0.2) is 23.1 Å². The molecule has 6 rings (SSSR count). The summed E-state index contributed by atoms with van der Waals surface area (Å²) in [6.07, 6.45) is 0. The molecule has 4 aromatic rings. The lowest BCUT2D eigenvalue weighted by Gasteiger charge is -2.19. The molecule has 0 spiro atoms. The first-order chi connectivity index (χ1) is 17.1. The second-order valence-corrected chi connectivity index (χ2v) is 8.15. The van der Waals surface area contributed by atoms with E-state index in [4.69, 9.17) is 0 Å². The number of benzene rings is 4. The molecule has 2 aliphatic rings. The van der Waals surface area contributed by atoms with Gasteiger partial charge in [0.05, 0.1) is 22.5 Å². The van der Waals surface area contributed by atoms with Crippen LogP contribution in [0.5, 0.6) is 0 Å². The van der Waals surface area contributed by atoms with Crippen LogP contribution in [0.3, 0.4) is 0 Å². The first-order valence-electron chi connectivity index (χ1n) is 10.9. The number of nitrogens with zero attached hydrogens (tertiary/aromatic N) is 2. The number of hydrogen-bond donors (Lipinski definition) is 1. The first kappa shape index (κ1) is 20.6. The van der Waals surface area contributed by atoms with Gasteiger partial charge in [0.1, 0.15) is 0 Å². The highest BCUT2D eigenvalue weighted by Gasteiger charge is 2.32. The molecular weight excluding hydrogens is 442 g/mol. The van der Waals surface area contributed by atoms with E-state index in [1.54, 1.807) is 84.9 Å². The van der Waals surface area contributed by atoms with E-state index in [-0.39, 0.29) is 51.1 Å². The van der Waals surface area contributed by atoms with Crippen molar-refractivity contribution < 1.29 is 19.2 Å². The summed E-state index contributed by atoms with van der Waals surface area (Å²) >= 11 is 0. The molecule has 0 amide bonds. The van der Waals surface area contributed by atoms with E-state index in [0.717, 1.165) is 0 Å². The summed E-state index contributed by atoms with van der Waals surface area (Å²) in [7, 11) is 0. The third-order valence-electron chi connectivity index (χ3n) is 6.21. The lowest BCUT2D eigenvalue weighted by molar-refractivity contribution is 0.0979. The molecule has 0 aliphatic heterocycles. The third kappa shape index (κ3) is 3.06. The minimum Gasteiger partial charge on any atom is -0.289 e. The summed E-state index contributed by atoms with van der Waals surface area (Å²) in [5, 5.41) is 8.16. The van der Waals surface area contributed by atoms with Crippen molar-refractivity contribution in [3.8, 4) is 0 Å². The summed E-state index contributed by atoms with van der Waals surface area (Å²) in [6.45, 7) is 0. The van der Waals surface area contributed by atoms with E-state index >= 15 is 0 Å². The maximum Gasteiger partial charge on any atom is 0.196 e. The molecule has 0 saturated heterocycles. The quantitative estimate of drug-likeness (QED) is 0.285. The van der Waals surface area contributed by atoms with Gasteiger partial charge in [0.2, 0.25) is 0 Å². The fourth-order valence-corrected chi connectivity index (χ4v) is 4.58. The molecule has 1 N–H and O–H groups in total. The van der Waals surface area contributed by atoms with Crippen molar-refractivity contribution in [2.75, 3.05) is 5.43 Å². The smallest absolute Gasteiger partial charge is 0.196 e. The molecule has 0 unspecified atom stereocenters. The summed E-state index contributed by atoms with van der Waals surface area (Å²) in [6, 6.07) is 23.0. The normalized spacial score (nSPS) is 13.8. The van der Waals surface area contributed by atoms with Crippen LogP contribution in [0.25, 0.3) is 0 Å². The molecule has 4 aromatic carbocycles. The van der Waals surface area contributed by atoms with Gasteiger partial charge in [-0.25, -0.2) is 0 Å². The van der Waals surface area contributed by atoms with Crippen LogP contribution in [0.1, 0.15) is 63.7 Å². The van der Waals surface area contributed by atoms with E-state index in [9.17, 15) is 19.2 Å². The third-order valence-corrected chi connectivity index (χ3v) is 6.21. The highest BCUT2D eigenvalue weighted by atomic mass is 16.1. The van der Waals surface area contributed by atoms with Crippen LogP contribution in [0.4, 0.5) is 11.4 Å².